The lowest BCUT2D eigenvalue weighted by Gasteiger charge is -2.15. The van der Waals surface area contributed by atoms with E-state index < -0.39 is 0 Å². The third-order valence-electron chi connectivity index (χ3n) is 4.32. The second-order valence-electron chi connectivity index (χ2n) is 6.46. The van der Waals surface area contributed by atoms with Gasteiger partial charge in [0, 0.05) is 16.8 Å². The number of hydrogen-bond acceptors (Lipinski definition) is 2. The summed E-state index contributed by atoms with van der Waals surface area (Å²) in [6.07, 6.45) is 4.25. The third-order valence-corrected chi connectivity index (χ3v) is 4.32. The van der Waals surface area contributed by atoms with Crippen LogP contribution in [0.5, 0.6) is 0 Å². The summed E-state index contributed by atoms with van der Waals surface area (Å²) in [5.74, 6) is -0.295. The van der Waals surface area contributed by atoms with Crippen molar-refractivity contribution in [2.75, 3.05) is 5.73 Å². The molecule has 2 rings (SSSR count). The van der Waals surface area contributed by atoms with Crippen LogP contribution in [-0.4, -0.2) is 5.71 Å². The number of nitrogen functional groups attached to an aromatic ring is 1. The van der Waals surface area contributed by atoms with Crippen LogP contribution in [0.4, 0.5) is 10.1 Å². The van der Waals surface area contributed by atoms with E-state index in [9.17, 15) is 4.39 Å². The first kappa shape index (κ1) is 19.4. The molecule has 0 radical (unpaired) electrons. The topological polar surface area (TPSA) is 49.9 Å². The minimum Gasteiger partial charge on any atom is -0.398 e. The molecule has 134 valence electrons. The van der Waals surface area contributed by atoms with Crippen LogP contribution < -0.4 is 5.73 Å². The van der Waals surface area contributed by atoms with Gasteiger partial charge in [0.25, 0.3) is 0 Å². The highest BCUT2D eigenvalue weighted by atomic mass is 19.1. The van der Waals surface area contributed by atoms with Crippen LogP contribution in [0.3, 0.4) is 0 Å². The number of hydrogen-bond donors (Lipinski definition) is 2. The van der Waals surface area contributed by atoms with Crippen molar-refractivity contribution in [1.82, 2.24) is 0 Å². The normalized spacial score (nSPS) is 10.9. The highest BCUT2D eigenvalue weighted by Gasteiger charge is 2.13. The summed E-state index contributed by atoms with van der Waals surface area (Å²) in [7, 11) is 0. The zero-order chi connectivity index (χ0) is 19.4. The van der Waals surface area contributed by atoms with E-state index in [1.54, 1.807) is 31.2 Å². The van der Waals surface area contributed by atoms with Crippen LogP contribution in [0.1, 0.15) is 48.6 Å². The second kappa shape index (κ2) is 7.96. The van der Waals surface area contributed by atoms with Crippen LogP contribution >= 0.6 is 0 Å². The Bertz CT molecular complexity index is 920. The molecule has 0 saturated carbocycles. The molecule has 0 spiro atoms. The van der Waals surface area contributed by atoms with E-state index in [-0.39, 0.29) is 5.82 Å². The predicted molar refractivity (Wildman–Crippen MR) is 112 cm³/mol. The van der Waals surface area contributed by atoms with Gasteiger partial charge in [0.15, 0.2) is 0 Å². The van der Waals surface area contributed by atoms with Crippen molar-refractivity contribution in [2.24, 2.45) is 0 Å². The molecule has 3 heteroatoms. The summed E-state index contributed by atoms with van der Waals surface area (Å²) in [5.41, 5.74) is 12.7. The SMILES string of the molecule is C=C(C)c1cc(/C=C/C(=N)c2c(N)ccc(C(=C)C)c2CC)ccc1F. The minimum absolute atomic E-state index is 0.295. The van der Waals surface area contributed by atoms with Crippen molar-refractivity contribution in [3.8, 4) is 0 Å². The highest BCUT2D eigenvalue weighted by molar-refractivity contribution is 6.13. The van der Waals surface area contributed by atoms with Crippen molar-refractivity contribution in [3.63, 3.8) is 0 Å². The Balaban J connectivity index is 2.43. The Kier molecular flexibility index (Phi) is 5.93. The first-order valence-corrected chi connectivity index (χ1v) is 8.55. The summed E-state index contributed by atoms with van der Waals surface area (Å²) >= 11 is 0. The fourth-order valence-corrected chi connectivity index (χ4v) is 2.99. The molecule has 2 aromatic rings. The molecule has 0 aromatic heterocycles. The van der Waals surface area contributed by atoms with Crippen LogP contribution in [0.2, 0.25) is 0 Å². The molecule has 0 amide bonds. The van der Waals surface area contributed by atoms with Gasteiger partial charge < -0.3 is 11.1 Å². The lowest BCUT2D eigenvalue weighted by molar-refractivity contribution is 0.624. The number of halogens is 1. The summed E-state index contributed by atoms with van der Waals surface area (Å²) in [6, 6.07) is 8.60. The van der Waals surface area contributed by atoms with Gasteiger partial charge in [-0.15, -0.1) is 0 Å². The van der Waals surface area contributed by atoms with Gasteiger partial charge in [-0.3, -0.25) is 0 Å². The molecule has 0 unspecified atom stereocenters. The van der Waals surface area contributed by atoms with E-state index in [0.717, 1.165) is 34.2 Å². The largest absolute Gasteiger partial charge is 0.398 e. The molecule has 0 heterocycles. The van der Waals surface area contributed by atoms with Crippen molar-refractivity contribution in [2.45, 2.75) is 27.2 Å². The Morgan fingerprint density at radius 3 is 2.35 bits per heavy atom. The smallest absolute Gasteiger partial charge is 0.130 e. The highest BCUT2D eigenvalue weighted by Crippen LogP contribution is 2.27. The van der Waals surface area contributed by atoms with Gasteiger partial charge in [0.05, 0.1) is 5.71 Å². The van der Waals surface area contributed by atoms with E-state index in [2.05, 4.69) is 13.2 Å². The molecule has 0 fully saturated rings. The Labute approximate surface area is 155 Å². The van der Waals surface area contributed by atoms with Gasteiger partial charge in [0.1, 0.15) is 5.82 Å². The number of allylic oxidation sites excluding steroid dienone is 3. The number of benzene rings is 2. The van der Waals surface area contributed by atoms with E-state index in [0.29, 0.717) is 22.5 Å². The second-order valence-corrected chi connectivity index (χ2v) is 6.46. The Morgan fingerprint density at radius 1 is 1.12 bits per heavy atom. The van der Waals surface area contributed by atoms with Gasteiger partial charge in [-0.2, -0.15) is 0 Å². The number of nitrogens with one attached hydrogen (secondary N) is 1. The van der Waals surface area contributed by atoms with Crippen molar-refractivity contribution < 1.29 is 4.39 Å². The first-order valence-electron chi connectivity index (χ1n) is 8.55. The molecule has 0 aliphatic rings. The maximum atomic E-state index is 13.8. The maximum Gasteiger partial charge on any atom is 0.130 e. The van der Waals surface area contributed by atoms with E-state index >= 15 is 0 Å². The Hall–Kier alpha value is -2.94. The van der Waals surface area contributed by atoms with Crippen LogP contribution in [0.15, 0.2) is 49.6 Å². The summed E-state index contributed by atoms with van der Waals surface area (Å²) in [5, 5.41) is 8.49. The first-order chi connectivity index (χ1) is 12.3. The average Bonchev–Trinajstić information content (AvgIpc) is 2.59. The average molecular weight is 348 g/mol. The molecule has 0 atom stereocenters. The van der Waals surface area contributed by atoms with Crippen LogP contribution in [0.25, 0.3) is 17.2 Å². The number of anilines is 1. The molecule has 0 bridgehead atoms. The van der Waals surface area contributed by atoms with Gasteiger partial charge in [-0.25, -0.2) is 4.39 Å². The summed E-state index contributed by atoms with van der Waals surface area (Å²) in [6.45, 7) is 13.6. The van der Waals surface area contributed by atoms with E-state index in [4.69, 9.17) is 11.1 Å². The number of rotatable bonds is 6. The van der Waals surface area contributed by atoms with Gasteiger partial charge in [-0.1, -0.05) is 43.9 Å². The molecule has 0 aliphatic carbocycles. The predicted octanol–water partition coefficient (Wildman–Crippen LogP) is 6.12. The molecular weight excluding hydrogens is 323 g/mol. The molecule has 3 N–H and O–H groups in total. The fourth-order valence-electron chi connectivity index (χ4n) is 2.99. The van der Waals surface area contributed by atoms with Gasteiger partial charge in [-0.05, 0) is 66.8 Å². The number of nitrogens with two attached hydrogens (primary N) is 1. The maximum absolute atomic E-state index is 13.8. The van der Waals surface area contributed by atoms with Crippen molar-refractivity contribution in [1.29, 1.82) is 5.41 Å². The summed E-state index contributed by atoms with van der Waals surface area (Å²) in [4.78, 5) is 0. The van der Waals surface area contributed by atoms with Crippen molar-refractivity contribution >= 4 is 28.6 Å². The minimum atomic E-state index is -0.295. The lowest BCUT2D eigenvalue weighted by Crippen LogP contribution is -2.08. The van der Waals surface area contributed by atoms with Gasteiger partial charge >= 0.3 is 0 Å². The zero-order valence-electron chi connectivity index (χ0n) is 15.6. The molecular formula is C23H25FN2. The van der Waals surface area contributed by atoms with Gasteiger partial charge in [0.2, 0.25) is 0 Å². The lowest BCUT2D eigenvalue weighted by atomic mass is 9.91. The molecule has 0 aliphatic heterocycles. The van der Waals surface area contributed by atoms with E-state index in [1.165, 1.54) is 6.07 Å². The standard InChI is InChI=1S/C23H25FN2/c1-6-17-18(14(2)3)9-12-22(26)23(17)21(25)11-8-16-7-10-20(24)19(13-16)15(4)5/h7-13,25H,2,4,6,26H2,1,3,5H3/b11-8+,25-21?. The molecule has 2 nitrogen and oxygen atoms in total. The zero-order valence-corrected chi connectivity index (χ0v) is 15.6. The molecule has 2 aromatic carbocycles. The van der Waals surface area contributed by atoms with Crippen molar-refractivity contribution in [3.05, 3.63) is 83.2 Å². The Morgan fingerprint density at radius 2 is 1.77 bits per heavy atom. The van der Waals surface area contributed by atoms with Crippen LogP contribution in [0, 0.1) is 11.2 Å². The third kappa shape index (κ3) is 3.99. The monoisotopic (exact) mass is 348 g/mol. The van der Waals surface area contributed by atoms with E-state index in [1.807, 2.05) is 26.0 Å². The quantitative estimate of drug-likeness (QED) is 0.479. The summed E-state index contributed by atoms with van der Waals surface area (Å²) < 4.78 is 13.8. The molecule has 26 heavy (non-hydrogen) atoms. The van der Waals surface area contributed by atoms with Crippen LogP contribution in [-0.2, 0) is 6.42 Å². The fraction of sp³-hybridized carbons (Fsp3) is 0.174. The molecule has 0 saturated heterocycles.